The summed E-state index contributed by atoms with van der Waals surface area (Å²) < 4.78 is 0. The first-order valence-corrected chi connectivity index (χ1v) is 4.59. The summed E-state index contributed by atoms with van der Waals surface area (Å²) in [6.45, 7) is 4.25. The first-order chi connectivity index (χ1) is 5.63. The minimum atomic E-state index is 0.935. The lowest BCUT2D eigenvalue weighted by atomic mass is 10.1. The van der Waals surface area contributed by atoms with Crippen LogP contribution in [0.4, 0.5) is 0 Å². The van der Waals surface area contributed by atoms with Crippen LogP contribution in [0.25, 0.3) is 0 Å². The third kappa shape index (κ3) is 3.62. The number of hydrogen-bond acceptors (Lipinski definition) is 3. The molecule has 0 aliphatic rings. The first-order valence-electron chi connectivity index (χ1n) is 4.59. The van der Waals surface area contributed by atoms with Crippen LogP contribution < -0.4 is 11.6 Å². The smallest absolute Gasteiger partial charge is 0.0474 e. The molecule has 0 heterocycles. The van der Waals surface area contributed by atoms with Gasteiger partial charge in [0, 0.05) is 18.4 Å². The van der Waals surface area contributed by atoms with E-state index in [0.717, 1.165) is 37.1 Å². The highest BCUT2D eigenvalue weighted by Crippen LogP contribution is 2.12. The number of hydrogen-bond donors (Lipinski definition) is 2. The quantitative estimate of drug-likeness (QED) is 0.487. The van der Waals surface area contributed by atoms with Crippen molar-refractivity contribution in [1.29, 1.82) is 0 Å². The molecule has 4 N–H and O–H groups in total. The van der Waals surface area contributed by atoms with Crippen molar-refractivity contribution in [2.45, 2.75) is 39.5 Å². The number of hydrazine groups is 1. The minimum absolute atomic E-state index is 0.935. The van der Waals surface area contributed by atoms with Crippen molar-refractivity contribution in [2.24, 2.45) is 11.6 Å². The highest BCUT2D eigenvalue weighted by Gasteiger charge is 2.04. The first kappa shape index (κ1) is 11.3. The van der Waals surface area contributed by atoms with Gasteiger partial charge in [-0.25, -0.2) is 5.84 Å². The van der Waals surface area contributed by atoms with Crippen molar-refractivity contribution in [2.75, 3.05) is 7.05 Å². The van der Waals surface area contributed by atoms with Crippen LogP contribution in [0.15, 0.2) is 11.4 Å². The Hall–Kier alpha value is -0.700. The summed E-state index contributed by atoms with van der Waals surface area (Å²) in [6, 6.07) is 0. The van der Waals surface area contributed by atoms with Gasteiger partial charge in [0.1, 0.15) is 0 Å². The van der Waals surface area contributed by atoms with Gasteiger partial charge < -0.3 is 10.7 Å². The SMILES string of the molecule is CCC/C(N)=C(\CCC)N(C)N. The molecule has 0 spiro atoms. The van der Waals surface area contributed by atoms with Gasteiger partial charge in [0.2, 0.25) is 0 Å². The van der Waals surface area contributed by atoms with Crippen LogP contribution in [0.2, 0.25) is 0 Å². The maximum Gasteiger partial charge on any atom is 0.0474 e. The lowest BCUT2D eigenvalue weighted by Gasteiger charge is -2.19. The highest BCUT2D eigenvalue weighted by atomic mass is 15.4. The van der Waals surface area contributed by atoms with E-state index in [4.69, 9.17) is 11.6 Å². The lowest BCUT2D eigenvalue weighted by Crippen LogP contribution is -2.28. The van der Waals surface area contributed by atoms with Gasteiger partial charge in [-0.15, -0.1) is 0 Å². The van der Waals surface area contributed by atoms with Gasteiger partial charge in [-0.1, -0.05) is 26.7 Å². The number of nitrogens with two attached hydrogens (primary N) is 2. The Morgan fingerprint density at radius 3 is 2.00 bits per heavy atom. The molecule has 0 saturated carbocycles. The predicted octanol–water partition coefficient (Wildman–Crippen LogP) is 1.56. The number of rotatable bonds is 5. The second-order valence-electron chi connectivity index (χ2n) is 3.08. The summed E-state index contributed by atoms with van der Waals surface area (Å²) in [5, 5.41) is 1.63. The number of allylic oxidation sites excluding steroid dienone is 2. The molecule has 0 fully saturated rings. The predicted molar refractivity (Wildman–Crippen MR) is 53.0 cm³/mol. The average molecular weight is 171 g/mol. The second-order valence-corrected chi connectivity index (χ2v) is 3.08. The van der Waals surface area contributed by atoms with Crippen molar-refractivity contribution in [3.05, 3.63) is 11.4 Å². The van der Waals surface area contributed by atoms with Gasteiger partial charge >= 0.3 is 0 Å². The maximum absolute atomic E-state index is 5.87. The van der Waals surface area contributed by atoms with Gasteiger partial charge in [-0.2, -0.15) is 0 Å². The highest BCUT2D eigenvalue weighted by molar-refractivity contribution is 5.08. The normalized spacial score (nSPS) is 12.7. The zero-order valence-electron chi connectivity index (χ0n) is 8.43. The van der Waals surface area contributed by atoms with Crippen molar-refractivity contribution < 1.29 is 0 Å². The molecule has 0 aliphatic heterocycles. The fourth-order valence-corrected chi connectivity index (χ4v) is 1.21. The van der Waals surface area contributed by atoms with E-state index in [9.17, 15) is 0 Å². The zero-order chi connectivity index (χ0) is 9.56. The van der Waals surface area contributed by atoms with E-state index < -0.39 is 0 Å². The van der Waals surface area contributed by atoms with E-state index in [-0.39, 0.29) is 0 Å². The molecule has 72 valence electrons. The number of nitrogens with zero attached hydrogens (tertiary/aromatic N) is 1. The fraction of sp³-hybridized carbons (Fsp3) is 0.778. The summed E-state index contributed by atoms with van der Waals surface area (Å²) in [6.07, 6.45) is 4.07. The maximum atomic E-state index is 5.87. The Morgan fingerprint density at radius 2 is 1.67 bits per heavy atom. The molecule has 0 bridgehead atoms. The summed E-state index contributed by atoms with van der Waals surface area (Å²) in [5.41, 5.74) is 7.89. The van der Waals surface area contributed by atoms with Crippen molar-refractivity contribution in [3.63, 3.8) is 0 Å². The molecule has 12 heavy (non-hydrogen) atoms. The molecule has 3 heteroatoms. The van der Waals surface area contributed by atoms with Gasteiger partial charge in [-0.05, 0) is 12.8 Å². The second kappa shape index (κ2) is 5.89. The van der Waals surface area contributed by atoms with Gasteiger partial charge in [0.05, 0.1) is 0 Å². The Labute approximate surface area is 75.4 Å². The van der Waals surface area contributed by atoms with E-state index in [0.29, 0.717) is 0 Å². The summed E-state index contributed by atoms with van der Waals surface area (Å²) >= 11 is 0. The summed E-state index contributed by atoms with van der Waals surface area (Å²) in [5.74, 6) is 5.65. The Morgan fingerprint density at radius 1 is 1.17 bits per heavy atom. The molecular formula is C9H21N3. The largest absolute Gasteiger partial charge is 0.401 e. The Kier molecular flexibility index (Phi) is 5.54. The molecule has 0 amide bonds. The van der Waals surface area contributed by atoms with Gasteiger partial charge in [0.25, 0.3) is 0 Å². The van der Waals surface area contributed by atoms with Crippen LogP contribution in [-0.2, 0) is 0 Å². The molecule has 0 aliphatic carbocycles. The van der Waals surface area contributed by atoms with E-state index in [1.165, 1.54) is 0 Å². The Bertz CT molecular complexity index is 150. The van der Waals surface area contributed by atoms with Crippen LogP contribution in [0, 0.1) is 0 Å². The van der Waals surface area contributed by atoms with Crippen LogP contribution in [0.1, 0.15) is 39.5 Å². The van der Waals surface area contributed by atoms with Crippen molar-refractivity contribution in [1.82, 2.24) is 5.01 Å². The molecule has 0 unspecified atom stereocenters. The van der Waals surface area contributed by atoms with E-state index >= 15 is 0 Å². The molecule has 0 saturated heterocycles. The molecule has 3 nitrogen and oxygen atoms in total. The third-order valence-electron chi connectivity index (χ3n) is 1.80. The molecule has 0 rings (SSSR count). The molecule has 0 aromatic rings. The van der Waals surface area contributed by atoms with E-state index in [1.807, 2.05) is 7.05 Å². The third-order valence-corrected chi connectivity index (χ3v) is 1.80. The lowest BCUT2D eigenvalue weighted by molar-refractivity contribution is 0.410. The van der Waals surface area contributed by atoms with Gasteiger partial charge in [-0.3, -0.25) is 0 Å². The molecule has 0 aromatic carbocycles. The Balaban J connectivity index is 4.32. The van der Waals surface area contributed by atoms with Crippen LogP contribution in [0.3, 0.4) is 0 Å². The van der Waals surface area contributed by atoms with E-state index in [1.54, 1.807) is 5.01 Å². The molecule has 0 aromatic heterocycles. The topological polar surface area (TPSA) is 55.3 Å². The van der Waals surface area contributed by atoms with Crippen LogP contribution in [0.5, 0.6) is 0 Å². The van der Waals surface area contributed by atoms with Crippen LogP contribution in [-0.4, -0.2) is 12.1 Å². The standard InChI is InChI=1S/C9H21N3/c1-4-6-8(10)9(7-5-2)12(3)11/h4-7,10-11H2,1-3H3/b9-8-. The zero-order valence-corrected chi connectivity index (χ0v) is 8.43. The summed E-state index contributed by atoms with van der Waals surface area (Å²) in [4.78, 5) is 0. The van der Waals surface area contributed by atoms with Crippen LogP contribution >= 0.6 is 0 Å². The van der Waals surface area contributed by atoms with E-state index in [2.05, 4.69) is 13.8 Å². The summed E-state index contributed by atoms with van der Waals surface area (Å²) in [7, 11) is 1.84. The fourth-order valence-electron chi connectivity index (χ4n) is 1.21. The molecule has 0 radical (unpaired) electrons. The average Bonchev–Trinajstić information content (AvgIpc) is 1.99. The minimum Gasteiger partial charge on any atom is -0.401 e. The van der Waals surface area contributed by atoms with Crippen molar-refractivity contribution in [3.8, 4) is 0 Å². The molecular weight excluding hydrogens is 150 g/mol. The van der Waals surface area contributed by atoms with Crippen molar-refractivity contribution >= 4 is 0 Å². The molecule has 0 atom stereocenters. The van der Waals surface area contributed by atoms with Gasteiger partial charge in [0.15, 0.2) is 0 Å². The monoisotopic (exact) mass is 171 g/mol.